The van der Waals surface area contributed by atoms with Crippen molar-refractivity contribution in [2.45, 2.75) is 18.9 Å². The zero-order valence-electron chi connectivity index (χ0n) is 17.2. The van der Waals surface area contributed by atoms with Crippen molar-refractivity contribution in [1.29, 1.82) is 0 Å². The zero-order valence-corrected chi connectivity index (χ0v) is 17.2. The van der Waals surface area contributed by atoms with Gasteiger partial charge >= 0.3 is 0 Å². The van der Waals surface area contributed by atoms with Crippen molar-refractivity contribution in [3.05, 3.63) is 52.1 Å². The summed E-state index contributed by atoms with van der Waals surface area (Å²) in [7, 11) is 4.67. The third kappa shape index (κ3) is 4.62. The van der Waals surface area contributed by atoms with Crippen LogP contribution in [0.1, 0.15) is 24.4 Å². The van der Waals surface area contributed by atoms with Crippen LogP contribution in [0.4, 0.5) is 11.4 Å². The smallest absolute Gasteiger partial charge is 0.271 e. The molecule has 1 fully saturated rings. The van der Waals surface area contributed by atoms with E-state index in [0.29, 0.717) is 5.75 Å². The van der Waals surface area contributed by atoms with Gasteiger partial charge in [-0.15, -0.1) is 0 Å². The minimum absolute atomic E-state index is 0.00723. The lowest BCUT2D eigenvalue weighted by Gasteiger charge is -2.26. The summed E-state index contributed by atoms with van der Waals surface area (Å²) >= 11 is 0. The molecule has 0 aliphatic carbocycles. The second kappa shape index (κ2) is 9.45. The van der Waals surface area contributed by atoms with Crippen molar-refractivity contribution in [2.75, 3.05) is 39.7 Å². The average molecular weight is 415 g/mol. The number of rotatable bonds is 8. The summed E-state index contributed by atoms with van der Waals surface area (Å²) in [5.74, 6) is 1.56. The van der Waals surface area contributed by atoms with E-state index in [4.69, 9.17) is 14.2 Å². The highest BCUT2D eigenvalue weighted by Crippen LogP contribution is 2.39. The molecule has 1 atom stereocenters. The normalized spacial score (nSPS) is 16.2. The van der Waals surface area contributed by atoms with E-state index in [1.807, 2.05) is 18.2 Å². The van der Waals surface area contributed by atoms with Crippen LogP contribution in [0, 0.1) is 10.1 Å². The molecule has 1 aliphatic heterocycles. The Labute approximate surface area is 174 Å². The average Bonchev–Trinajstić information content (AvgIpc) is 3.20. The molecule has 1 saturated heterocycles. The minimum atomic E-state index is -0.513. The Morgan fingerprint density at radius 3 is 2.53 bits per heavy atom. The first-order valence-corrected chi connectivity index (χ1v) is 9.55. The van der Waals surface area contributed by atoms with Gasteiger partial charge in [-0.2, -0.15) is 0 Å². The van der Waals surface area contributed by atoms with Crippen molar-refractivity contribution in [2.24, 2.45) is 0 Å². The van der Waals surface area contributed by atoms with E-state index in [-0.39, 0.29) is 29.9 Å². The second-order valence-electron chi connectivity index (χ2n) is 6.93. The summed E-state index contributed by atoms with van der Waals surface area (Å²) in [5, 5.41) is 13.8. The Morgan fingerprint density at radius 1 is 1.13 bits per heavy atom. The fourth-order valence-corrected chi connectivity index (χ4v) is 3.75. The molecule has 3 rings (SSSR count). The number of ether oxygens (including phenoxy) is 3. The molecule has 0 bridgehead atoms. The topological polar surface area (TPSA) is 103 Å². The first-order valence-electron chi connectivity index (χ1n) is 9.55. The molecule has 2 aromatic rings. The number of non-ortho nitro benzene ring substituents is 1. The predicted octanol–water partition coefficient (Wildman–Crippen LogP) is 3.40. The molecule has 0 unspecified atom stereocenters. The van der Waals surface area contributed by atoms with Gasteiger partial charge in [-0.25, -0.2) is 0 Å². The number of hydrogen-bond donors (Lipinski definition) is 1. The Morgan fingerprint density at radius 2 is 1.87 bits per heavy atom. The molecule has 1 heterocycles. The molecule has 9 heteroatoms. The molecule has 0 spiro atoms. The highest BCUT2D eigenvalue weighted by molar-refractivity contribution is 5.94. The number of carbonyl (C=O) groups excluding carboxylic acids is 1. The molecular formula is C21H25N3O6. The number of amides is 1. The number of anilines is 1. The first kappa shape index (κ1) is 21.4. The molecule has 9 nitrogen and oxygen atoms in total. The number of methoxy groups -OCH3 is 3. The van der Waals surface area contributed by atoms with Crippen molar-refractivity contribution in [3.8, 4) is 17.2 Å². The lowest BCUT2D eigenvalue weighted by molar-refractivity contribution is -0.384. The van der Waals surface area contributed by atoms with Gasteiger partial charge in [-0.05, 0) is 43.7 Å². The predicted molar refractivity (Wildman–Crippen MR) is 111 cm³/mol. The molecule has 0 aromatic heterocycles. The van der Waals surface area contributed by atoms with E-state index >= 15 is 0 Å². The lowest BCUT2D eigenvalue weighted by atomic mass is 10.0. The largest absolute Gasteiger partial charge is 0.497 e. The highest BCUT2D eigenvalue weighted by atomic mass is 16.6. The highest BCUT2D eigenvalue weighted by Gasteiger charge is 2.30. The third-order valence-electron chi connectivity index (χ3n) is 5.17. The van der Waals surface area contributed by atoms with Crippen LogP contribution in [0.2, 0.25) is 0 Å². The van der Waals surface area contributed by atoms with E-state index in [1.54, 1.807) is 14.2 Å². The van der Waals surface area contributed by atoms with Gasteiger partial charge in [0.05, 0.1) is 38.5 Å². The number of nitro groups is 1. The summed E-state index contributed by atoms with van der Waals surface area (Å²) in [5.41, 5.74) is 1.12. The molecule has 1 N–H and O–H groups in total. The quantitative estimate of drug-likeness (QED) is 0.521. The van der Waals surface area contributed by atoms with Gasteiger partial charge < -0.3 is 19.5 Å². The van der Waals surface area contributed by atoms with E-state index < -0.39 is 4.92 Å². The Kier molecular flexibility index (Phi) is 6.73. The molecular weight excluding hydrogens is 390 g/mol. The van der Waals surface area contributed by atoms with Crippen LogP contribution in [0.15, 0.2) is 36.4 Å². The number of nitrogens with one attached hydrogen (secondary N) is 1. The van der Waals surface area contributed by atoms with Crippen molar-refractivity contribution < 1.29 is 23.9 Å². The van der Waals surface area contributed by atoms with E-state index in [2.05, 4.69) is 10.2 Å². The summed E-state index contributed by atoms with van der Waals surface area (Å²) < 4.78 is 16.1. The first-order chi connectivity index (χ1) is 14.5. The van der Waals surface area contributed by atoms with Gasteiger partial charge in [0.25, 0.3) is 5.69 Å². The number of carbonyl (C=O) groups is 1. The maximum Gasteiger partial charge on any atom is 0.271 e. The Balaban J connectivity index is 1.77. The SMILES string of the molecule is COc1ccc(OC)c([C@H]2CCCN2CC(=O)Nc2cc([N+](=O)[O-])ccc2OC)c1. The van der Waals surface area contributed by atoms with Crippen LogP contribution in [0.25, 0.3) is 0 Å². The molecule has 2 aromatic carbocycles. The molecule has 0 saturated carbocycles. The van der Waals surface area contributed by atoms with Crippen molar-refractivity contribution >= 4 is 17.3 Å². The monoisotopic (exact) mass is 415 g/mol. The van der Waals surface area contributed by atoms with E-state index in [0.717, 1.165) is 36.4 Å². The zero-order chi connectivity index (χ0) is 21.7. The van der Waals surface area contributed by atoms with Gasteiger partial charge in [0, 0.05) is 23.7 Å². The summed E-state index contributed by atoms with van der Waals surface area (Å²) in [6, 6.07) is 9.73. The summed E-state index contributed by atoms with van der Waals surface area (Å²) in [6.45, 7) is 0.890. The van der Waals surface area contributed by atoms with Crippen LogP contribution < -0.4 is 19.5 Å². The van der Waals surface area contributed by atoms with Crippen LogP contribution in [0.3, 0.4) is 0 Å². The van der Waals surface area contributed by atoms with Crippen molar-refractivity contribution in [1.82, 2.24) is 4.90 Å². The van der Waals surface area contributed by atoms with Gasteiger partial charge in [-0.1, -0.05) is 0 Å². The fourth-order valence-electron chi connectivity index (χ4n) is 3.75. The molecule has 1 aliphatic rings. The van der Waals surface area contributed by atoms with Gasteiger partial charge in [0.15, 0.2) is 0 Å². The lowest BCUT2D eigenvalue weighted by Crippen LogP contribution is -2.33. The van der Waals surface area contributed by atoms with Crippen LogP contribution in [-0.4, -0.2) is 50.1 Å². The number of nitro benzene ring substituents is 1. The molecule has 30 heavy (non-hydrogen) atoms. The van der Waals surface area contributed by atoms with Crippen LogP contribution in [0.5, 0.6) is 17.2 Å². The summed E-state index contributed by atoms with van der Waals surface area (Å²) in [6.07, 6.45) is 1.83. The number of nitrogens with zero attached hydrogens (tertiary/aromatic N) is 2. The maximum atomic E-state index is 12.7. The second-order valence-corrected chi connectivity index (χ2v) is 6.93. The van der Waals surface area contributed by atoms with Crippen molar-refractivity contribution in [3.63, 3.8) is 0 Å². The minimum Gasteiger partial charge on any atom is -0.497 e. The molecule has 1 amide bonds. The van der Waals surface area contributed by atoms with Crippen LogP contribution in [-0.2, 0) is 4.79 Å². The van der Waals surface area contributed by atoms with E-state index in [9.17, 15) is 14.9 Å². The Hall–Kier alpha value is -3.33. The van der Waals surface area contributed by atoms with E-state index in [1.165, 1.54) is 25.3 Å². The molecule has 0 radical (unpaired) electrons. The maximum absolute atomic E-state index is 12.7. The number of hydrogen-bond acceptors (Lipinski definition) is 7. The summed E-state index contributed by atoms with van der Waals surface area (Å²) in [4.78, 5) is 25.3. The fraction of sp³-hybridized carbons (Fsp3) is 0.381. The van der Waals surface area contributed by atoms with Gasteiger partial charge in [0.1, 0.15) is 17.2 Å². The van der Waals surface area contributed by atoms with Gasteiger partial charge in [0.2, 0.25) is 5.91 Å². The molecule has 160 valence electrons. The Bertz CT molecular complexity index is 933. The number of benzene rings is 2. The standard InChI is InChI=1S/C21H25N3O6/c1-28-15-7-9-19(29-2)16(12-15)18-5-4-10-23(18)13-21(25)22-17-11-14(24(26)27)6-8-20(17)30-3/h6-9,11-12,18H,4-5,10,13H2,1-3H3,(H,22,25)/t18-/m1/s1. The third-order valence-corrected chi connectivity index (χ3v) is 5.17. The number of likely N-dealkylation sites (tertiary alicyclic amines) is 1. The van der Waals surface area contributed by atoms with Gasteiger partial charge in [-0.3, -0.25) is 19.8 Å². The van der Waals surface area contributed by atoms with Crippen LogP contribution >= 0.6 is 0 Å².